The van der Waals surface area contributed by atoms with Crippen LogP contribution in [0, 0.1) is 0 Å². The van der Waals surface area contributed by atoms with Gasteiger partial charge < -0.3 is 5.73 Å². The second kappa shape index (κ2) is 4.43. The van der Waals surface area contributed by atoms with Crippen molar-refractivity contribution in [1.29, 1.82) is 0 Å². The summed E-state index contributed by atoms with van der Waals surface area (Å²) in [6.45, 7) is 6.37. The summed E-state index contributed by atoms with van der Waals surface area (Å²) in [4.78, 5) is 15.0. The molecule has 3 nitrogen and oxygen atoms in total. The molecule has 15 heavy (non-hydrogen) atoms. The predicted molar refractivity (Wildman–Crippen MR) is 60.5 cm³/mol. The lowest BCUT2D eigenvalue weighted by Crippen LogP contribution is -2.14. The fraction of sp³-hybridized carbons (Fsp3) is 0.500. The Labute approximate surface area is 90.7 Å². The number of nitrogens with zero attached hydrogens (tertiary/aromatic N) is 1. The molecule has 0 aliphatic rings. The Kier molecular flexibility index (Phi) is 3.45. The molecule has 1 aromatic heterocycles. The number of hydrogen-bond acceptors (Lipinski definition) is 2. The van der Waals surface area contributed by atoms with Crippen molar-refractivity contribution in [3.63, 3.8) is 0 Å². The molecule has 0 atom stereocenters. The third kappa shape index (κ3) is 3.70. The molecule has 0 aliphatic heterocycles. The number of carbonyl (C=O) groups excluding carboxylic acids is 1. The zero-order valence-corrected chi connectivity index (χ0v) is 9.58. The second-order valence-corrected chi connectivity index (χ2v) is 4.77. The smallest absolute Gasteiger partial charge is 0.217 e. The van der Waals surface area contributed by atoms with Crippen LogP contribution in [0.1, 0.15) is 38.4 Å². The highest BCUT2D eigenvalue weighted by Crippen LogP contribution is 2.19. The summed E-state index contributed by atoms with van der Waals surface area (Å²) in [6.07, 6.45) is 2.88. The predicted octanol–water partition coefficient (Wildman–Crippen LogP) is 1.80. The Morgan fingerprint density at radius 3 is 2.47 bits per heavy atom. The largest absolute Gasteiger partial charge is 0.370 e. The molecule has 1 rings (SSSR count). The minimum atomic E-state index is -0.269. The molecule has 1 amide bonds. The van der Waals surface area contributed by atoms with Gasteiger partial charge in [0.05, 0.1) is 0 Å². The normalized spacial score (nSPS) is 11.4. The minimum Gasteiger partial charge on any atom is -0.370 e. The Morgan fingerprint density at radius 1 is 1.40 bits per heavy atom. The number of primary amides is 1. The van der Waals surface area contributed by atoms with E-state index in [4.69, 9.17) is 5.73 Å². The lowest BCUT2D eigenvalue weighted by molar-refractivity contribution is -0.117. The van der Waals surface area contributed by atoms with Crippen molar-refractivity contribution >= 4 is 5.91 Å². The van der Waals surface area contributed by atoms with Gasteiger partial charge in [-0.2, -0.15) is 0 Å². The van der Waals surface area contributed by atoms with Crippen LogP contribution in [-0.4, -0.2) is 10.9 Å². The fourth-order valence-electron chi connectivity index (χ4n) is 1.28. The van der Waals surface area contributed by atoms with Crippen LogP contribution >= 0.6 is 0 Å². The molecule has 1 heterocycles. The Bertz CT molecular complexity index is 336. The fourth-order valence-corrected chi connectivity index (χ4v) is 1.28. The number of pyridine rings is 1. The van der Waals surface area contributed by atoms with E-state index in [2.05, 4.69) is 25.8 Å². The molecule has 0 saturated carbocycles. The maximum absolute atomic E-state index is 10.6. The molecule has 1 aromatic rings. The minimum absolute atomic E-state index is 0.0716. The highest BCUT2D eigenvalue weighted by atomic mass is 16.1. The average molecular weight is 206 g/mol. The molecular weight excluding hydrogens is 188 g/mol. The van der Waals surface area contributed by atoms with E-state index in [1.807, 2.05) is 18.3 Å². The number of aryl methyl sites for hydroxylation is 1. The highest BCUT2D eigenvalue weighted by Gasteiger charge is 2.14. The third-order valence-electron chi connectivity index (χ3n) is 2.25. The maximum atomic E-state index is 10.6. The van der Waals surface area contributed by atoms with Gasteiger partial charge in [0.2, 0.25) is 5.91 Å². The summed E-state index contributed by atoms with van der Waals surface area (Å²) >= 11 is 0. The third-order valence-corrected chi connectivity index (χ3v) is 2.25. The summed E-state index contributed by atoms with van der Waals surface area (Å²) in [5, 5.41) is 0. The molecule has 0 bridgehead atoms. The summed E-state index contributed by atoms with van der Waals surface area (Å²) in [7, 11) is 0. The standard InChI is InChI=1S/C12H18N2O/c1-12(2,3)10-6-4-9(8-14-10)5-7-11(13)15/h4,6,8H,5,7H2,1-3H3,(H2,13,15). The van der Waals surface area contributed by atoms with Gasteiger partial charge >= 0.3 is 0 Å². The lowest BCUT2D eigenvalue weighted by atomic mass is 9.91. The molecule has 0 fully saturated rings. The molecule has 0 spiro atoms. The monoisotopic (exact) mass is 206 g/mol. The summed E-state index contributed by atoms with van der Waals surface area (Å²) < 4.78 is 0. The molecule has 0 saturated heterocycles. The number of rotatable bonds is 3. The van der Waals surface area contributed by atoms with E-state index in [1.165, 1.54) is 0 Å². The number of nitrogens with two attached hydrogens (primary N) is 1. The van der Waals surface area contributed by atoms with Gasteiger partial charge in [-0.1, -0.05) is 26.8 Å². The van der Waals surface area contributed by atoms with E-state index >= 15 is 0 Å². The SMILES string of the molecule is CC(C)(C)c1ccc(CCC(N)=O)cn1. The van der Waals surface area contributed by atoms with Crippen LogP contribution < -0.4 is 5.73 Å². The molecule has 2 N–H and O–H groups in total. The van der Waals surface area contributed by atoms with Crippen molar-refractivity contribution < 1.29 is 4.79 Å². The van der Waals surface area contributed by atoms with Gasteiger partial charge in [-0.05, 0) is 18.1 Å². The molecule has 3 heteroatoms. The van der Waals surface area contributed by atoms with Crippen LogP contribution in [0.4, 0.5) is 0 Å². The van der Waals surface area contributed by atoms with E-state index < -0.39 is 0 Å². The Hall–Kier alpha value is -1.38. The first-order valence-corrected chi connectivity index (χ1v) is 5.13. The topological polar surface area (TPSA) is 56.0 Å². The van der Waals surface area contributed by atoms with Crippen LogP contribution in [0.5, 0.6) is 0 Å². The van der Waals surface area contributed by atoms with Crippen LogP contribution in [0.25, 0.3) is 0 Å². The number of carbonyl (C=O) groups is 1. The van der Waals surface area contributed by atoms with Crippen LogP contribution in [0.2, 0.25) is 0 Å². The first kappa shape index (κ1) is 11.7. The number of hydrogen-bond donors (Lipinski definition) is 1. The molecule has 82 valence electrons. The van der Waals surface area contributed by atoms with E-state index in [-0.39, 0.29) is 11.3 Å². The molecular formula is C12H18N2O. The number of aromatic nitrogens is 1. The summed E-state index contributed by atoms with van der Waals surface area (Å²) in [5.74, 6) is -0.269. The van der Waals surface area contributed by atoms with Crippen LogP contribution in [0.15, 0.2) is 18.3 Å². The molecule has 0 radical (unpaired) electrons. The maximum Gasteiger partial charge on any atom is 0.217 e. The van der Waals surface area contributed by atoms with Gasteiger partial charge in [0.25, 0.3) is 0 Å². The summed E-state index contributed by atoms with van der Waals surface area (Å²) in [6, 6.07) is 4.02. The van der Waals surface area contributed by atoms with Gasteiger partial charge in [0.1, 0.15) is 0 Å². The molecule has 0 unspecified atom stereocenters. The van der Waals surface area contributed by atoms with Gasteiger partial charge in [0.15, 0.2) is 0 Å². The number of amides is 1. The quantitative estimate of drug-likeness (QED) is 0.819. The average Bonchev–Trinajstić information content (AvgIpc) is 2.14. The second-order valence-electron chi connectivity index (χ2n) is 4.77. The van der Waals surface area contributed by atoms with E-state index in [0.717, 1.165) is 11.3 Å². The van der Waals surface area contributed by atoms with Gasteiger partial charge in [-0.25, -0.2) is 0 Å². The van der Waals surface area contributed by atoms with Crippen molar-refractivity contribution in [2.45, 2.75) is 39.0 Å². The highest BCUT2D eigenvalue weighted by molar-refractivity contribution is 5.73. The molecule has 0 aromatic carbocycles. The van der Waals surface area contributed by atoms with Gasteiger partial charge in [-0.15, -0.1) is 0 Å². The first-order chi connectivity index (χ1) is 6.89. The van der Waals surface area contributed by atoms with Crippen LogP contribution in [-0.2, 0) is 16.6 Å². The van der Waals surface area contributed by atoms with Crippen molar-refractivity contribution in [3.05, 3.63) is 29.6 Å². The van der Waals surface area contributed by atoms with Crippen molar-refractivity contribution in [2.75, 3.05) is 0 Å². The van der Waals surface area contributed by atoms with E-state index in [9.17, 15) is 4.79 Å². The Balaban J connectivity index is 2.69. The van der Waals surface area contributed by atoms with E-state index in [0.29, 0.717) is 12.8 Å². The van der Waals surface area contributed by atoms with Crippen molar-refractivity contribution in [2.24, 2.45) is 5.73 Å². The Morgan fingerprint density at radius 2 is 2.07 bits per heavy atom. The van der Waals surface area contributed by atoms with Crippen molar-refractivity contribution in [3.8, 4) is 0 Å². The van der Waals surface area contributed by atoms with Crippen molar-refractivity contribution in [1.82, 2.24) is 4.98 Å². The van der Waals surface area contributed by atoms with Gasteiger partial charge in [-0.3, -0.25) is 9.78 Å². The first-order valence-electron chi connectivity index (χ1n) is 5.13. The summed E-state index contributed by atoms with van der Waals surface area (Å²) in [5.41, 5.74) is 7.27. The van der Waals surface area contributed by atoms with E-state index in [1.54, 1.807) is 0 Å². The molecule has 0 aliphatic carbocycles. The zero-order chi connectivity index (χ0) is 11.5. The van der Waals surface area contributed by atoms with Crippen LogP contribution in [0.3, 0.4) is 0 Å². The zero-order valence-electron chi connectivity index (χ0n) is 9.58. The lowest BCUT2D eigenvalue weighted by Gasteiger charge is -2.17. The van der Waals surface area contributed by atoms with Gasteiger partial charge in [0, 0.05) is 23.7 Å².